The molecule has 1 amide bonds. The van der Waals surface area contributed by atoms with Crippen molar-refractivity contribution in [3.63, 3.8) is 0 Å². The van der Waals surface area contributed by atoms with Crippen LogP contribution in [0.1, 0.15) is 16.2 Å². The normalized spacial score (nSPS) is 10.5. The number of nitrogens with one attached hydrogen (secondary N) is 1. The van der Waals surface area contributed by atoms with Crippen molar-refractivity contribution in [3.05, 3.63) is 65.8 Å². The van der Waals surface area contributed by atoms with Gasteiger partial charge in [0.25, 0.3) is 5.91 Å². The highest BCUT2D eigenvalue weighted by Gasteiger charge is 2.10. The number of carbonyl (C=O) groups is 1. The molecule has 1 heterocycles. The van der Waals surface area contributed by atoms with E-state index in [1.165, 1.54) is 24.3 Å². The van der Waals surface area contributed by atoms with E-state index < -0.39 is 0 Å². The van der Waals surface area contributed by atoms with E-state index in [4.69, 9.17) is 9.15 Å². The summed E-state index contributed by atoms with van der Waals surface area (Å²) in [7, 11) is 1.60. The minimum Gasteiger partial charge on any atom is -0.497 e. The zero-order valence-corrected chi connectivity index (χ0v) is 13.5. The summed E-state index contributed by atoms with van der Waals surface area (Å²) >= 11 is 0. The second-order valence-electron chi connectivity index (χ2n) is 5.24. The number of ether oxygens (including phenoxy) is 1. The highest BCUT2D eigenvalue weighted by atomic mass is 19.1. The number of benzene rings is 2. The van der Waals surface area contributed by atoms with Crippen LogP contribution in [0.25, 0.3) is 11.5 Å². The molecule has 0 unspecified atom stereocenters. The van der Waals surface area contributed by atoms with Crippen molar-refractivity contribution in [2.75, 3.05) is 13.7 Å². The monoisotopic (exact) mass is 341 g/mol. The van der Waals surface area contributed by atoms with Crippen LogP contribution in [0.5, 0.6) is 5.75 Å². The lowest BCUT2D eigenvalue weighted by Gasteiger charge is -2.03. The van der Waals surface area contributed by atoms with Gasteiger partial charge in [-0.3, -0.25) is 4.79 Å². The molecule has 0 saturated heterocycles. The summed E-state index contributed by atoms with van der Waals surface area (Å²) in [6.45, 7) is 0.334. The fourth-order valence-electron chi connectivity index (χ4n) is 2.19. The van der Waals surface area contributed by atoms with E-state index in [1.54, 1.807) is 7.11 Å². The van der Waals surface area contributed by atoms with Crippen molar-refractivity contribution in [1.29, 1.82) is 0 Å². The lowest BCUT2D eigenvalue weighted by molar-refractivity contribution is 0.0953. The molecule has 0 fully saturated rings. The Bertz CT molecular complexity index is 845. The van der Waals surface area contributed by atoms with Crippen molar-refractivity contribution in [1.82, 2.24) is 15.5 Å². The summed E-state index contributed by atoms with van der Waals surface area (Å²) in [4.78, 5) is 11.9. The number of halogens is 1. The molecule has 0 aliphatic carbocycles. The van der Waals surface area contributed by atoms with E-state index >= 15 is 0 Å². The maximum absolute atomic E-state index is 12.8. The highest BCUT2D eigenvalue weighted by Crippen LogP contribution is 2.21. The van der Waals surface area contributed by atoms with Crippen molar-refractivity contribution in [2.24, 2.45) is 0 Å². The summed E-state index contributed by atoms with van der Waals surface area (Å²) < 4.78 is 23.5. The van der Waals surface area contributed by atoms with Gasteiger partial charge >= 0.3 is 0 Å². The molecule has 3 rings (SSSR count). The number of carbonyl (C=O) groups excluding carboxylic acids is 1. The molecule has 6 nitrogen and oxygen atoms in total. The van der Waals surface area contributed by atoms with Crippen LogP contribution < -0.4 is 10.1 Å². The van der Waals surface area contributed by atoms with Gasteiger partial charge in [0.1, 0.15) is 11.6 Å². The van der Waals surface area contributed by atoms with E-state index in [9.17, 15) is 9.18 Å². The fraction of sp³-hybridized carbons (Fsp3) is 0.167. The predicted molar refractivity (Wildman–Crippen MR) is 88.7 cm³/mol. The summed E-state index contributed by atoms with van der Waals surface area (Å²) in [5.74, 6) is 0.906. The molecule has 0 aliphatic heterocycles. The van der Waals surface area contributed by atoms with Gasteiger partial charge in [0.2, 0.25) is 11.8 Å². The molecule has 128 valence electrons. The first-order chi connectivity index (χ1) is 12.2. The Labute approximate surface area is 143 Å². The van der Waals surface area contributed by atoms with E-state index in [0.29, 0.717) is 30.3 Å². The second-order valence-corrected chi connectivity index (χ2v) is 5.24. The lowest BCUT2D eigenvalue weighted by Crippen LogP contribution is -2.25. The van der Waals surface area contributed by atoms with Gasteiger partial charge in [0.15, 0.2) is 0 Å². The van der Waals surface area contributed by atoms with E-state index in [2.05, 4.69) is 15.5 Å². The molecular weight excluding hydrogens is 325 g/mol. The van der Waals surface area contributed by atoms with E-state index in [0.717, 1.165) is 11.3 Å². The highest BCUT2D eigenvalue weighted by molar-refractivity contribution is 5.94. The third-order valence-corrected chi connectivity index (χ3v) is 3.53. The number of nitrogens with zero attached hydrogens (tertiary/aromatic N) is 2. The SMILES string of the molecule is COc1ccc(-c2nnc(CCNC(=O)c3ccc(F)cc3)o2)cc1. The first kappa shape index (κ1) is 16.6. The van der Waals surface area contributed by atoms with Crippen LogP contribution in [-0.2, 0) is 6.42 Å². The van der Waals surface area contributed by atoms with Crippen LogP contribution in [0.3, 0.4) is 0 Å². The van der Waals surface area contributed by atoms with Crippen LogP contribution in [0, 0.1) is 5.82 Å². The van der Waals surface area contributed by atoms with E-state index in [1.807, 2.05) is 24.3 Å². The largest absolute Gasteiger partial charge is 0.497 e. The first-order valence-corrected chi connectivity index (χ1v) is 7.66. The topological polar surface area (TPSA) is 77.3 Å². The zero-order chi connectivity index (χ0) is 17.6. The Morgan fingerprint density at radius 2 is 1.84 bits per heavy atom. The molecule has 0 saturated carbocycles. The lowest BCUT2D eigenvalue weighted by atomic mass is 10.2. The zero-order valence-electron chi connectivity index (χ0n) is 13.5. The molecule has 0 atom stereocenters. The quantitative estimate of drug-likeness (QED) is 0.746. The van der Waals surface area contributed by atoms with Crippen LogP contribution in [-0.4, -0.2) is 29.8 Å². The molecule has 2 aromatic carbocycles. The molecule has 0 bridgehead atoms. The van der Waals surface area contributed by atoms with Gasteiger partial charge in [-0.1, -0.05) is 0 Å². The Morgan fingerprint density at radius 3 is 2.52 bits per heavy atom. The minimum absolute atomic E-state index is 0.283. The Kier molecular flexibility index (Phi) is 5.03. The fourth-order valence-corrected chi connectivity index (χ4v) is 2.19. The third kappa shape index (κ3) is 4.20. The van der Waals surface area contributed by atoms with Crippen LogP contribution in [0.2, 0.25) is 0 Å². The van der Waals surface area contributed by atoms with E-state index in [-0.39, 0.29) is 11.7 Å². The second kappa shape index (κ2) is 7.57. The smallest absolute Gasteiger partial charge is 0.251 e. The van der Waals surface area contributed by atoms with Gasteiger partial charge in [-0.05, 0) is 48.5 Å². The predicted octanol–water partition coefficient (Wildman–Crippen LogP) is 2.86. The average Bonchev–Trinajstić information content (AvgIpc) is 3.11. The van der Waals surface area contributed by atoms with Gasteiger partial charge in [-0.25, -0.2) is 4.39 Å². The number of hydrogen-bond acceptors (Lipinski definition) is 5. The maximum Gasteiger partial charge on any atom is 0.251 e. The molecule has 0 radical (unpaired) electrons. The minimum atomic E-state index is -0.381. The number of amides is 1. The Balaban J connectivity index is 1.54. The maximum atomic E-state index is 12.8. The average molecular weight is 341 g/mol. The number of methoxy groups -OCH3 is 1. The third-order valence-electron chi connectivity index (χ3n) is 3.53. The summed E-state index contributed by atoms with van der Waals surface area (Å²) in [6.07, 6.45) is 0.399. The summed E-state index contributed by atoms with van der Waals surface area (Å²) in [5.41, 5.74) is 1.18. The van der Waals surface area contributed by atoms with Crippen molar-refractivity contribution < 1.29 is 18.3 Å². The van der Waals surface area contributed by atoms with Gasteiger partial charge in [-0.2, -0.15) is 0 Å². The van der Waals surface area contributed by atoms with Crippen LogP contribution in [0.4, 0.5) is 4.39 Å². The van der Waals surface area contributed by atoms with Crippen LogP contribution >= 0.6 is 0 Å². The molecule has 1 N–H and O–H groups in total. The molecule has 0 aliphatic rings. The van der Waals surface area contributed by atoms with Gasteiger partial charge in [0.05, 0.1) is 7.11 Å². The van der Waals surface area contributed by atoms with Crippen molar-refractivity contribution >= 4 is 5.91 Å². The number of hydrogen-bond donors (Lipinski definition) is 1. The number of aromatic nitrogens is 2. The van der Waals surface area contributed by atoms with Crippen LogP contribution in [0.15, 0.2) is 52.9 Å². The van der Waals surface area contributed by atoms with Gasteiger partial charge < -0.3 is 14.5 Å². The molecular formula is C18H16FN3O3. The summed E-state index contributed by atoms with van der Waals surface area (Å²) in [5, 5.41) is 10.7. The molecule has 1 aromatic heterocycles. The Hall–Kier alpha value is -3.22. The van der Waals surface area contributed by atoms with Crippen molar-refractivity contribution in [3.8, 4) is 17.2 Å². The first-order valence-electron chi connectivity index (χ1n) is 7.66. The van der Waals surface area contributed by atoms with Gasteiger partial charge in [-0.15, -0.1) is 10.2 Å². The van der Waals surface area contributed by atoms with Gasteiger partial charge in [0, 0.05) is 24.1 Å². The standard InChI is InChI=1S/C18H16FN3O3/c1-24-15-8-4-13(5-9-15)18-22-21-16(25-18)10-11-20-17(23)12-2-6-14(19)7-3-12/h2-9H,10-11H2,1H3,(H,20,23). The summed E-state index contributed by atoms with van der Waals surface area (Å²) in [6, 6.07) is 12.6. The molecule has 3 aromatic rings. The number of rotatable bonds is 6. The molecule has 0 spiro atoms. The molecule has 7 heteroatoms. The Morgan fingerprint density at radius 1 is 1.12 bits per heavy atom. The molecule has 25 heavy (non-hydrogen) atoms. The van der Waals surface area contributed by atoms with Crippen molar-refractivity contribution in [2.45, 2.75) is 6.42 Å².